The average Bonchev–Trinajstić information content (AvgIpc) is 3.23. The van der Waals surface area contributed by atoms with Crippen LogP contribution in [0.5, 0.6) is 0 Å². The number of thioether (sulfide) groups is 1. The monoisotopic (exact) mass is 486 g/mol. The van der Waals surface area contributed by atoms with Crippen LogP contribution in [0.15, 0.2) is 47.4 Å². The second-order valence-electron chi connectivity index (χ2n) is 7.74. The van der Waals surface area contributed by atoms with Crippen molar-refractivity contribution in [2.24, 2.45) is 0 Å². The van der Waals surface area contributed by atoms with Crippen LogP contribution in [0.25, 0.3) is 10.2 Å². The van der Waals surface area contributed by atoms with E-state index in [1.165, 1.54) is 33.9 Å². The Balaban J connectivity index is 1.70. The molecule has 3 rings (SSSR count). The van der Waals surface area contributed by atoms with Crippen LogP contribution in [0, 0.1) is 17.0 Å². The van der Waals surface area contributed by atoms with Crippen molar-refractivity contribution in [2.45, 2.75) is 38.5 Å². The van der Waals surface area contributed by atoms with Crippen molar-refractivity contribution in [3.63, 3.8) is 0 Å². The smallest absolute Gasteiger partial charge is 0.270 e. The lowest BCUT2D eigenvalue weighted by Gasteiger charge is -2.24. The Bertz CT molecular complexity index is 1080. The third kappa shape index (κ3) is 6.99. The number of thiazole rings is 1. The van der Waals surface area contributed by atoms with Gasteiger partial charge in [-0.3, -0.25) is 19.8 Å². The second-order valence-corrected chi connectivity index (χ2v) is 9.92. The number of non-ortho nitro benzene ring substituents is 1. The van der Waals surface area contributed by atoms with E-state index in [9.17, 15) is 14.9 Å². The number of aromatic nitrogens is 1. The zero-order valence-corrected chi connectivity index (χ0v) is 21.0. The first-order valence-electron chi connectivity index (χ1n) is 11.2. The van der Waals surface area contributed by atoms with E-state index in [1.807, 2.05) is 0 Å². The fourth-order valence-corrected chi connectivity index (χ4v) is 5.32. The number of carbonyl (C=O) groups is 1. The highest BCUT2D eigenvalue weighted by Crippen LogP contribution is 2.32. The molecule has 2 aromatic carbocycles. The van der Waals surface area contributed by atoms with Gasteiger partial charge < -0.3 is 4.90 Å². The maximum atomic E-state index is 13.2. The lowest BCUT2D eigenvalue weighted by molar-refractivity contribution is -0.384. The van der Waals surface area contributed by atoms with Crippen LogP contribution < -0.4 is 4.90 Å². The summed E-state index contributed by atoms with van der Waals surface area (Å²) in [4.78, 5) is 33.8. The van der Waals surface area contributed by atoms with Crippen LogP contribution in [0.4, 0.5) is 10.8 Å². The number of nitro groups is 1. The van der Waals surface area contributed by atoms with E-state index < -0.39 is 4.92 Å². The first-order valence-corrected chi connectivity index (χ1v) is 13.0. The van der Waals surface area contributed by atoms with Gasteiger partial charge in [-0.1, -0.05) is 42.9 Å². The number of hydrogen-bond acceptors (Lipinski definition) is 7. The Kier molecular flexibility index (Phi) is 9.22. The summed E-state index contributed by atoms with van der Waals surface area (Å²) in [7, 11) is 0. The van der Waals surface area contributed by atoms with Gasteiger partial charge in [-0.05, 0) is 50.4 Å². The first-order chi connectivity index (χ1) is 15.9. The van der Waals surface area contributed by atoms with Crippen LogP contribution in [0.1, 0.15) is 32.3 Å². The van der Waals surface area contributed by atoms with Crippen molar-refractivity contribution in [2.75, 3.05) is 36.8 Å². The molecule has 0 N–H and O–H groups in total. The van der Waals surface area contributed by atoms with E-state index in [-0.39, 0.29) is 11.6 Å². The minimum atomic E-state index is -0.409. The molecule has 1 amide bonds. The molecule has 0 saturated heterocycles. The fraction of sp³-hybridized carbons (Fsp3) is 0.417. The highest BCUT2D eigenvalue weighted by atomic mass is 32.2. The lowest BCUT2D eigenvalue weighted by Crippen LogP contribution is -2.38. The number of benzene rings is 2. The number of rotatable bonds is 12. The average molecular weight is 487 g/mol. The van der Waals surface area contributed by atoms with Crippen molar-refractivity contribution in [1.82, 2.24) is 9.88 Å². The van der Waals surface area contributed by atoms with Crippen LogP contribution in [-0.2, 0) is 4.79 Å². The van der Waals surface area contributed by atoms with Gasteiger partial charge in [0.15, 0.2) is 5.13 Å². The molecule has 0 spiro atoms. The molecule has 9 heteroatoms. The van der Waals surface area contributed by atoms with Crippen LogP contribution in [-0.4, -0.2) is 52.6 Å². The quantitative estimate of drug-likeness (QED) is 0.140. The molecule has 1 aromatic heterocycles. The predicted molar refractivity (Wildman–Crippen MR) is 138 cm³/mol. The van der Waals surface area contributed by atoms with Crippen LogP contribution >= 0.6 is 23.1 Å². The Morgan fingerprint density at radius 2 is 1.85 bits per heavy atom. The van der Waals surface area contributed by atoms with E-state index in [1.54, 1.807) is 22.7 Å². The molecule has 7 nitrogen and oxygen atoms in total. The molecule has 3 aromatic rings. The number of anilines is 1. The molecule has 0 bridgehead atoms. The summed E-state index contributed by atoms with van der Waals surface area (Å²) in [6, 6.07) is 13.0. The zero-order chi connectivity index (χ0) is 23.8. The maximum absolute atomic E-state index is 13.2. The fourth-order valence-electron chi connectivity index (χ4n) is 3.42. The van der Waals surface area contributed by atoms with Gasteiger partial charge in [0, 0.05) is 36.5 Å². The second kappa shape index (κ2) is 12.1. The van der Waals surface area contributed by atoms with Gasteiger partial charge >= 0.3 is 0 Å². The topological polar surface area (TPSA) is 79.6 Å². The minimum Gasteiger partial charge on any atom is -0.302 e. The van der Waals surface area contributed by atoms with Crippen LogP contribution in [0.3, 0.4) is 0 Å². The third-order valence-electron chi connectivity index (χ3n) is 5.46. The molecule has 176 valence electrons. The molecule has 0 aliphatic rings. The molecule has 1 heterocycles. The zero-order valence-electron chi connectivity index (χ0n) is 19.3. The van der Waals surface area contributed by atoms with Crippen molar-refractivity contribution in [1.29, 1.82) is 0 Å². The summed E-state index contributed by atoms with van der Waals surface area (Å²) in [5.74, 6) is 0.908. The molecule has 0 aliphatic heterocycles. The minimum absolute atomic E-state index is 0.0341. The summed E-state index contributed by atoms with van der Waals surface area (Å²) in [6.45, 7) is 9.42. The van der Waals surface area contributed by atoms with Gasteiger partial charge in [-0.2, -0.15) is 0 Å². The summed E-state index contributed by atoms with van der Waals surface area (Å²) >= 11 is 3.09. The molecular formula is C24H30N4O3S2. The van der Waals surface area contributed by atoms with Gasteiger partial charge in [-0.15, -0.1) is 11.8 Å². The van der Waals surface area contributed by atoms with Gasteiger partial charge in [0.2, 0.25) is 5.91 Å². The van der Waals surface area contributed by atoms with E-state index >= 15 is 0 Å². The number of hydrogen-bond donors (Lipinski definition) is 0. The largest absolute Gasteiger partial charge is 0.302 e. The summed E-state index contributed by atoms with van der Waals surface area (Å²) in [5.41, 5.74) is 1.95. The molecule has 0 fully saturated rings. The Labute approximate surface area is 203 Å². The highest BCUT2D eigenvalue weighted by Gasteiger charge is 2.21. The van der Waals surface area contributed by atoms with Crippen molar-refractivity contribution >= 4 is 50.0 Å². The number of amides is 1. The number of aryl methyl sites for hydroxylation is 1. The van der Waals surface area contributed by atoms with Gasteiger partial charge in [0.05, 0.1) is 15.1 Å². The van der Waals surface area contributed by atoms with E-state index in [0.717, 1.165) is 36.5 Å². The predicted octanol–water partition coefficient (Wildman–Crippen LogP) is 5.76. The van der Waals surface area contributed by atoms with Crippen molar-refractivity contribution < 1.29 is 9.72 Å². The molecular weight excluding hydrogens is 456 g/mol. The Morgan fingerprint density at radius 1 is 1.12 bits per heavy atom. The molecule has 0 radical (unpaired) electrons. The maximum Gasteiger partial charge on any atom is 0.270 e. The molecule has 0 saturated carbocycles. The Morgan fingerprint density at radius 3 is 2.52 bits per heavy atom. The number of nitrogens with zero attached hydrogens (tertiary/aromatic N) is 4. The summed E-state index contributed by atoms with van der Waals surface area (Å²) < 4.78 is 0.717. The summed E-state index contributed by atoms with van der Waals surface area (Å²) in [6.07, 6.45) is 1.21. The van der Waals surface area contributed by atoms with Crippen molar-refractivity contribution in [3.05, 3.63) is 58.1 Å². The number of fused-ring (bicyclic) bond motifs is 1. The number of carbonyl (C=O) groups excluding carboxylic acids is 1. The molecule has 0 aliphatic carbocycles. The van der Waals surface area contributed by atoms with Crippen molar-refractivity contribution in [3.8, 4) is 0 Å². The van der Waals surface area contributed by atoms with Crippen LogP contribution in [0.2, 0.25) is 0 Å². The highest BCUT2D eigenvalue weighted by molar-refractivity contribution is 7.99. The molecule has 0 atom stereocenters. The molecule has 0 unspecified atom stereocenters. The third-order valence-corrected chi connectivity index (χ3v) is 7.60. The number of likely N-dealkylation sites (N-methyl/N-ethyl adjacent to an activating group) is 1. The lowest BCUT2D eigenvalue weighted by atomic mass is 10.2. The first kappa shape index (κ1) is 25.1. The van der Waals surface area contributed by atoms with E-state index in [2.05, 4.69) is 54.9 Å². The SMILES string of the molecule is CCN(CC)CCN(C(=O)CCCSc1ccc(C)cc1)c1nc2ccc([N+](=O)[O-])cc2s1. The molecule has 33 heavy (non-hydrogen) atoms. The van der Waals surface area contributed by atoms with E-state index in [0.29, 0.717) is 23.6 Å². The number of nitro benzene ring substituents is 1. The summed E-state index contributed by atoms with van der Waals surface area (Å²) in [5, 5.41) is 11.7. The standard InChI is InChI=1S/C24H30N4O3S2/c1-4-26(5-2)14-15-27(23(29)7-6-16-32-20-11-8-18(3)9-12-20)24-25-21-13-10-19(28(30)31)17-22(21)33-24/h8-13,17H,4-7,14-16H2,1-3H3. The Hall–Kier alpha value is -2.49. The van der Waals surface area contributed by atoms with Gasteiger partial charge in [0.1, 0.15) is 0 Å². The van der Waals surface area contributed by atoms with Gasteiger partial charge in [0.25, 0.3) is 5.69 Å². The van der Waals surface area contributed by atoms with E-state index in [4.69, 9.17) is 0 Å². The normalized spacial score (nSPS) is 11.3. The van der Waals surface area contributed by atoms with Gasteiger partial charge in [-0.25, -0.2) is 4.98 Å².